The summed E-state index contributed by atoms with van der Waals surface area (Å²) < 4.78 is 6.35. The van der Waals surface area contributed by atoms with Gasteiger partial charge in [-0.1, -0.05) is 12.1 Å². The number of rotatable bonds is 8. The Morgan fingerprint density at radius 2 is 2.00 bits per heavy atom. The van der Waals surface area contributed by atoms with Crippen LogP contribution < -0.4 is 5.56 Å². The molecule has 0 aliphatic heterocycles. The van der Waals surface area contributed by atoms with E-state index in [0.29, 0.717) is 30.0 Å². The number of aromatic nitrogens is 2. The Kier molecular flexibility index (Phi) is 6.42. The highest BCUT2D eigenvalue weighted by atomic mass is 32.1. The quantitative estimate of drug-likeness (QED) is 0.437. The van der Waals surface area contributed by atoms with Crippen molar-refractivity contribution in [2.45, 2.75) is 33.1 Å². The molecule has 1 aromatic carbocycles. The van der Waals surface area contributed by atoms with Crippen LogP contribution in [0.4, 0.5) is 0 Å². The van der Waals surface area contributed by atoms with E-state index in [0.717, 1.165) is 46.3 Å². The van der Waals surface area contributed by atoms with Crippen molar-refractivity contribution in [2.75, 3.05) is 13.2 Å². The molecule has 0 bridgehead atoms. The summed E-state index contributed by atoms with van der Waals surface area (Å²) in [7, 11) is 0. The third kappa shape index (κ3) is 4.84. The molecule has 27 heavy (non-hydrogen) atoms. The van der Waals surface area contributed by atoms with Crippen LogP contribution in [-0.2, 0) is 16.0 Å². The molecule has 5 nitrogen and oxygen atoms in total. The minimum absolute atomic E-state index is 0.207. The average Bonchev–Trinajstić information content (AvgIpc) is 2.65. The first-order chi connectivity index (χ1) is 13.1. The van der Waals surface area contributed by atoms with Crippen LogP contribution in [0.1, 0.15) is 29.7 Å². The highest BCUT2D eigenvalue weighted by Gasteiger charge is 2.11. The van der Waals surface area contributed by atoms with Crippen LogP contribution in [0.3, 0.4) is 0 Å². The second-order valence-electron chi connectivity index (χ2n) is 6.47. The highest BCUT2D eigenvalue weighted by molar-refractivity contribution is 7.21. The first kappa shape index (κ1) is 19.3. The monoisotopic (exact) mass is 382 g/mol. The number of pyridine rings is 1. The predicted molar refractivity (Wildman–Crippen MR) is 108 cm³/mol. The molecule has 0 N–H and O–H groups in total. The molecule has 0 radical (unpaired) electrons. The molecule has 2 heterocycles. The summed E-state index contributed by atoms with van der Waals surface area (Å²) in [5.74, 6) is 0. The molecule has 0 spiro atoms. The van der Waals surface area contributed by atoms with Crippen LogP contribution in [0.5, 0.6) is 0 Å². The van der Waals surface area contributed by atoms with E-state index < -0.39 is 0 Å². The van der Waals surface area contributed by atoms with Crippen molar-refractivity contribution in [3.05, 3.63) is 57.5 Å². The van der Waals surface area contributed by atoms with E-state index in [9.17, 15) is 9.59 Å². The number of benzene rings is 1. The molecule has 3 rings (SSSR count). The number of hydrogen-bond acceptors (Lipinski definition) is 6. The molecule has 0 unspecified atom stereocenters. The molecule has 3 aromatic rings. The molecule has 140 valence electrons. The lowest BCUT2D eigenvalue weighted by molar-refractivity contribution is -0.108. The summed E-state index contributed by atoms with van der Waals surface area (Å²) >= 11 is 1.50. The van der Waals surface area contributed by atoms with Crippen LogP contribution in [0, 0.1) is 13.8 Å². The minimum atomic E-state index is -0.207. The molecule has 0 saturated carbocycles. The van der Waals surface area contributed by atoms with Gasteiger partial charge in [-0.05, 0) is 56.0 Å². The fourth-order valence-corrected chi connectivity index (χ4v) is 3.97. The summed E-state index contributed by atoms with van der Waals surface area (Å²) in [6.07, 6.45) is 2.89. The van der Waals surface area contributed by atoms with Crippen LogP contribution in [0.25, 0.3) is 20.8 Å². The van der Waals surface area contributed by atoms with Crippen molar-refractivity contribution >= 4 is 27.7 Å². The maximum Gasteiger partial charge on any atom is 0.279 e. The van der Waals surface area contributed by atoms with E-state index in [-0.39, 0.29) is 5.56 Å². The standard InChI is InChI=1S/C21H22N2O3S/c1-14-12-15(2)19-17(13-14)20(25)23-21(27-19)18-8-3-6-16(22-18)7-4-10-26-11-5-9-24/h3,6,8-9,12-13H,4-5,7,10-11H2,1-2H3. The molecule has 2 aromatic heterocycles. The Labute approximate surface area is 162 Å². The Hall–Kier alpha value is -2.44. The van der Waals surface area contributed by atoms with Crippen molar-refractivity contribution in [3.8, 4) is 10.7 Å². The number of carbonyl (C=O) groups excluding carboxylic acids is 1. The van der Waals surface area contributed by atoms with Gasteiger partial charge in [-0.15, -0.1) is 11.3 Å². The fourth-order valence-electron chi connectivity index (χ4n) is 2.96. The Balaban J connectivity index is 1.80. The van der Waals surface area contributed by atoms with Gasteiger partial charge in [-0.2, -0.15) is 4.98 Å². The van der Waals surface area contributed by atoms with E-state index in [4.69, 9.17) is 4.74 Å². The van der Waals surface area contributed by atoms with Gasteiger partial charge in [-0.3, -0.25) is 9.78 Å². The summed E-state index contributed by atoms with van der Waals surface area (Å²) in [5, 5.41) is 1.31. The second-order valence-corrected chi connectivity index (χ2v) is 7.47. The molecule has 0 aliphatic rings. The molecular formula is C21H22N2O3S. The number of aldehydes is 1. The van der Waals surface area contributed by atoms with Gasteiger partial charge < -0.3 is 9.53 Å². The van der Waals surface area contributed by atoms with Crippen LogP contribution in [0.15, 0.2) is 35.1 Å². The maximum absolute atomic E-state index is 12.5. The van der Waals surface area contributed by atoms with Crippen molar-refractivity contribution in [1.82, 2.24) is 9.97 Å². The molecule has 0 fully saturated rings. The van der Waals surface area contributed by atoms with Crippen molar-refractivity contribution in [3.63, 3.8) is 0 Å². The van der Waals surface area contributed by atoms with E-state index in [1.807, 2.05) is 38.1 Å². The molecule has 6 heteroatoms. The van der Waals surface area contributed by atoms with Gasteiger partial charge in [0.15, 0.2) is 0 Å². The van der Waals surface area contributed by atoms with Crippen molar-refractivity contribution in [1.29, 1.82) is 0 Å². The van der Waals surface area contributed by atoms with Gasteiger partial charge in [0.05, 0.1) is 17.7 Å². The lowest BCUT2D eigenvalue weighted by atomic mass is 10.1. The van der Waals surface area contributed by atoms with Crippen LogP contribution >= 0.6 is 11.3 Å². The zero-order valence-electron chi connectivity index (χ0n) is 15.5. The van der Waals surface area contributed by atoms with Crippen LogP contribution in [-0.4, -0.2) is 29.5 Å². The molecule has 0 amide bonds. The molecular weight excluding hydrogens is 360 g/mol. The Bertz CT molecular complexity index is 1010. The van der Waals surface area contributed by atoms with E-state index in [1.165, 1.54) is 11.3 Å². The molecule has 0 atom stereocenters. The number of ether oxygens (including phenoxy) is 1. The zero-order valence-corrected chi connectivity index (χ0v) is 16.3. The summed E-state index contributed by atoms with van der Waals surface area (Å²) in [4.78, 5) is 31.7. The van der Waals surface area contributed by atoms with E-state index >= 15 is 0 Å². The summed E-state index contributed by atoms with van der Waals surface area (Å²) in [6, 6.07) is 9.77. The van der Waals surface area contributed by atoms with Crippen molar-refractivity contribution < 1.29 is 9.53 Å². The first-order valence-corrected chi connectivity index (χ1v) is 9.80. The summed E-state index contributed by atoms with van der Waals surface area (Å²) in [5.41, 5.74) is 3.60. The number of carbonyl (C=O) groups is 1. The van der Waals surface area contributed by atoms with Gasteiger partial charge in [0.2, 0.25) is 0 Å². The lowest BCUT2D eigenvalue weighted by Crippen LogP contribution is -2.07. The Morgan fingerprint density at radius 3 is 2.81 bits per heavy atom. The SMILES string of the molecule is Cc1cc(C)c2sc(-c3cccc(CCCOCCC=O)n3)nc(=O)c2c1. The Morgan fingerprint density at radius 1 is 1.15 bits per heavy atom. The number of hydrogen-bond donors (Lipinski definition) is 0. The van der Waals surface area contributed by atoms with E-state index in [1.54, 1.807) is 0 Å². The average molecular weight is 382 g/mol. The summed E-state index contributed by atoms with van der Waals surface area (Å²) in [6.45, 7) is 5.06. The van der Waals surface area contributed by atoms with Gasteiger partial charge in [0.1, 0.15) is 11.3 Å². The van der Waals surface area contributed by atoms with Gasteiger partial charge in [0, 0.05) is 23.4 Å². The molecule has 0 saturated heterocycles. The minimum Gasteiger partial charge on any atom is -0.381 e. The zero-order chi connectivity index (χ0) is 19.2. The highest BCUT2D eigenvalue weighted by Crippen LogP contribution is 2.28. The van der Waals surface area contributed by atoms with Crippen LogP contribution in [0.2, 0.25) is 0 Å². The first-order valence-electron chi connectivity index (χ1n) is 8.98. The fraction of sp³-hybridized carbons (Fsp3) is 0.333. The smallest absolute Gasteiger partial charge is 0.279 e. The third-order valence-corrected chi connectivity index (χ3v) is 5.42. The lowest BCUT2D eigenvalue weighted by Gasteiger charge is -2.07. The van der Waals surface area contributed by atoms with Gasteiger partial charge in [0.25, 0.3) is 5.56 Å². The number of aryl methyl sites for hydroxylation is 3. The topological polar surface area (TPSA) is 69.2 Å². The van der Waals surface area contributed by atoms with E-state index in [2.05, 4.69) is 16.0 Å². The molecule has 0 aliphatic carbocycles. The van der Waals surface area contributed by atoms with Crippen molar-refractivity contribution in [2.24, 2.45) is 0 Å². The normalized spacial score (nSPS) is 11.0. The number of nitrogens with zero attached hydrogens (tertiary/aromatic N) is 2. The predicted octanol–water partition coefficient (Wildman–Crippen LogP) is 3.87. The van der Waals surface area contributed by atoms with Gasteiger partial charge in [-0.25, -0.2) is 0 Å². The number of fused-ring (bicyclic) bond motifs is 1. The van der Waals surface area contributed by atoms with Gasteiger partial charge >= 0.3 is 0 Å². The maximum atomic E-state index is 12.5. The second kappa shape index (κ2) is 8.97. The largest absolute Gasteiger partial charge is 0.381 e. The third-order valence-electron chi connectivity index (χ3n) is 4.18.